The molecule has 5 rings (SSSR count). The van der Waals surface area contributed by atoms with E-state index in [-0.39, 0.29) is 17.6 Å². The molecular formula is C24H23FN2O2S. The maximum atomic E-state index is 14.2. The normalized spacial score (nSPS) is 26.5. The van der Waals surface area contributed by atoms with Crippen LogP contribution in [0.15, 0.2) is 42.5 Å². The van der Waals surface area contributed by atoms with Crippen molar-refractivity contribution in [3.05, 3.63) is 65.0 Å². The van der Waals surface area contributed by atoms with Crippen molar-refractivity contribution in [1.82, 2.24) is 0 Å². The average molecular weight is 423 g/mol. The monoisotopic (exact) mass is 422 g/mol. The van der Waals surface area contributed by atoms with Crippen LogP contribution in [0.5, 0.6) is 0 Å². The third kappa shape index (κ3) is 2.28. The van der Waals surface area contributed by atoms with Crippen molar-refractivity contribution in [3.63, 3.8) is 0 Å². The fourth-order valence-electron chi connectivity index (χ4n) is 5.09. The number of nitrogens with zero attached hydrogens (tertiary/aromatic N) is 2. The van der Waals surface area contributed by atoms with Gasteiger partial charge in [0.25, 0.3) is 5.91 Å². The predicted molar refractivity (Wildman–Crippen MR) is 119 cm³/mol. The number of rotatable bonds is 1. The summed E-state index contributed by atoms with van der Waals surface area (Å²) in [7, 11) is 0. The molecule has 0 N–H and O–H groups in total. The van der Waals surface area contributed by atoms with E-state index < -0.39 is 15.7 Å². The lowest BCUT2D eigenvalue weighted by atomic mass is 9.88. The highest BCUT2D eigenvalue weighted by Crippen LogP contribution is 2.61. The summed E-state index contributed by atoms with van der Waals surface area (Å²) >= 11 is 1.38. The van der Waals surface area contributed by atoms with Gasteiger partial charge in [-0.1, -0.05) is 12.1 Å². The first-order valence-electron chi connectivity index (χ1n) is 10.0. The fourth-order valence-corrected chi connectivity index (χ4v) is 6.59. The Hall–Kier alpha value is -2.60. The van der Waals surface area contributed by atoms with Crippen LogP contribution in [0.4, 0.5) is 15.8 Å². The predicted octanol–water partition coefficient (Wildman–Crippen LogP) is 5.00. The van der Waals surface area contributed by atoms with Gasteiger partial charge < -0.3 is 0 Å². The van der Waals surface area contributed by atoms with E-state index in [1.165, 1.54) is 23.9 Å². The van der Waals surface area contributed by atoms with Crippen molar-refractivity contribution in [3.8, 4) is 0 Å². The fraction of sp³-hybridized carbons (Fsp3) is 0.333. The van der Waals surface area contributed by atoms with Gasteiger partial charge in [0.15, 0.2) is 0 Å². The molecule has 4 nitrogen and oxygen atoms in total. The van der Waals surface area contributed by atoms with E-state index in [2.05, 4.69) is 19.1 Å². The van der Waals surface area contributed by atoms with Crippen LogP contribution in [0.1, 0.15) is 44.4 Å². The van der Waals surface area contributed by atoms with E-state index in [0.717, 1.165) is 28.0 Å². The van der Waals surface area contributed by atoms with Crippen molar-refractivity contribution in [1.29, 1.82) is 0 Å². The third-order valence-corrected chi connectivity index (χ3v) is 7.70. The topological polar surface area (TPSA) is 40.6 Å². The maximum Gasteiger partial charge on any atom is 0.269 e. The second-order valence-electron chi connectivity index (χ2n) is 8.88. The second kappa shape index (κ2) is 5.97. The van der Waals surface area contributed by atoms with E-state index in [4.69, 9.17) is 0 Å². The third-order valence-electron chi connectivity index (χ3n) is 6.22. The summed E-state index contributed by atoms with van der Waals surface area (Å²) in [5, 5.41) is -0.395. The van der Waals surface area contributed by atoms with Crippen LogP contribution >= 0.6 is 11.8 Å². The Labute approximate surface area is 179 Å². The van der Waals surface area contributed by atoms with Gasteiger partial charge in [0.1, 0.15) is 5.82 Å². The summed E-state index contributed by atoms with van der Waals surface area (Å²) in [6.07, 6.45) is 2.11. The first kappa shape index (κ1) is 19.4. The molecule has 2 aromatic rings. The van der Waals surface area contributed by atoms with E-state index in [0.29, 0.717) is 5.69 Å². The quantitative estimate of drug-likeness (QED) is 0.650. The Balaban J connectivity index is 1.84. The standard InChI is InChI=1S/C24H23FN2O2S/c1-13-10-18-14(2)12-23(4,5)27-20(18)19(11-13)24(22(27)29)26(21(28)15(3)30-24)17-8-6-16(25)7-9-17/h6-12,15H,1-5H3/t15-,24-/m0/s1. The molecule has 3 aliphatic heterocycles. The molecular weight excluding hydrogens is 399 g/mol. The lowest BCUT2D eigenvalue weighted by molar-refractivity contribution is -0.124. The zero-order valence-corrected chi connectivity index (χ0v) is 18.4. The summed E-state index contributed by atoms with van der Waals surface area (Å²) in [5.74, 6) is -0.639. The van der Waals surface area contributed by atoms with Crippen LogP contribution in [0, 0.1) is 12.7 Å². The van der Waals surface area contributed by atoms with E-state index in [9.17, 15) is 14.0 Å². The van der Waals surface area contributed by atoms with Crippen LogP contribution in [-0.2, 0) is 14.5 Å². The van der Waals surface area contributed by atoms with Crippen LogP contribution in [-0.4, -0.2) is 22.6 Å². The molecule has 0 unspecified atom stereocenters. The summed E-state index contributed by atoms with van der Waals surface area (Å²) < 4.78 is 13.6. The number of anilines is 2. The molecule has 2 amide bonds. The minimum Gasteiger partial charge on any atom is -0.299 e. The average Bonchev–Trinajstić information content (AvgIpc) is 3.07. The molecule has 1 fully saturated rings. The minimum absolute atomic E-state index is 0.120. The number of hydrogen-bond acceptors (Lipinski definition) is 3. The Morgan fingerprint density at radius 2 is 1.70 bits per heavy atom. The van der Waals surface area contributed by atoms with Crippen LogP contribution < -0.4 is 9.80 Å². The van der Waals surface area contributed by atoms with Crippen LogP contribution in [0.2, 0.25) is 0 Å². The first-order valence-corrected chi connectivity index (χ1v) is 10.9. The van der Waals surface area contributed by atoms with Gasteiger partial charge in [-0.2, -0.15) is 0 Å². The molecule has 2 atom stereocenters. The first-order chi connectivity index (χ1) is 14.1. The highest BCUT2D eigenvalue weighted by atomic mass is 32.2. The van der Waals surface area contributed by atoms with Crippen molar-refractivity contribution in [2.24, 2.45) is 0 Å². The molecule has 30 heavy (non-hydrogen) atoms. The van der Waals surface area contributed by atoms with Gasteiger partial charge in [-0.05, 0) is 76.1 Å². The lowest BCUT2D eigenvalue weighted by Gasteiger charge is -2.40. The van der Waals surface area contributed by atoms with Crippen LogP contribution in [0.25, 0.3) is 5.57 Å². The van der Waals surface area contributed by atoms with Crippen molar-refractivity contribution in [2.75, 3.05) is 9.80 Å². The maximum absolute atomic E-state index is 14.2. The molecule has 0 aromatic heterocycles. The van der Waals surface area contributed by atoms with Gasteiger partial charge in [0.05, 0.1) is 16.5 Å². The smallest absolute Gasteiger partial charge is 0.269 e. The van der Waals surface area contributed by atoms with E-state index >= 15 is 0 Å². The van der Waals surface area contributed by atoms with Gasteiger partial charge in [-0.15, -0.1) is 11.8 Å². The van der Waals surface area contributed by atoms with Gasteiger partial charge >= 0.3 is 0 Å². The molecule has 1 saturated heterocycles. The Bertz CT molecular complexity index is 1150. The number of aryl methyl sites for hydroxylation is 1. The Morgan fingerprint density at radius 3 is 2.37 bits per heavy atom. The SMILES string of the molecule is CC1=CC(C)(C)N2C(=O)[C@@]3(S[C@@H](C)C(=O)N3c3ccc(F)cc3)c3cc(C)cc1c32. The molecule has 3 heterocycles. The molecule has 6 heteroatoms. The largest absolute Gasteiger partial charge is 0.299 e. The minimum atomic E-state index is -1.19. The van der Waals surface area contributed by atoms with Gasteiger partial charge in [0.2, 0.25) is 10.8 Å². The number of carbonyl (C=O) groups excluding carboxylic acids is 2. The number of thioether (sulfide) groups is 1. The van der Waals surface area contributed by atoms with Crippen LogP contribution in [0.3, 0.4) is 0 Å². The molecule has 0 radical (unpaired) electrons. The second-order valence-corrected chi connectivity index (χ2v) is 10.4. The van der Waals surface area contributed by atoms with Gasteiger partial charge in [-0.3, -0.25) is 19.4 Å². The number of allylic oxidation sites excluding steroid dienone is 1. The zero-order valence-electron chi connectivity index (χ0n) is 17.6. The van der Waals surface area contributed by atoms with Gasteiger partial charge in [-0.25, -0.2) is 4.39 Å². The summed E-state index contributed by atoms with van der Waals surface area (Å²) in [4.78, 5) is 29.8. The molecule has 0 aliphatic carbocycles. The van der Waals surface area contributed by atoms with Gasteiger partial charge in [0, 0.05) is 16.8 Å². The Morgan fingerprint density at radius 1 is 1.03 bits per heavy atom. The number of benzene rings is 2. The Kier molecular flexibility index (Phi) is 3.86. The molecule has 0 saturated carbocycles. The summed E-state index contributed by atoms with van der Waals surface area (Å²) in [6, 6.07) is 9.95. The highest BCUT2D eigenvalue weighted by Gasteiger charge is 2.65. The molecule has 0 bridgehead atoms. The number of amides is 2. The van der Waals surface area contributed by atoms with Crippen molar-refractivity contribution >= 4 is 40.5 Å². The highest BCUT2D eigenvalue weighted by molar-refractivity contribution is 8.03. The van der Waals surface area contributed by atoms with E-state index in [1.807, 2.05) is 38.7 Å². The lowest BCUT2D eigenvalue weighted by Crippen LogP contribution is -2.55. The molecule has 2 aromatic carbocycles. The molecule has 1 spiro atoms. The summed E-state index contributed by atoms with van der Waals surface area (Å²) in [6.45, 7) is 9.95. The van der Waals surface area contributed by atoms with E-state index in [1.54, 1.807) is 17.0 Å². The number of fused-ring (bicyclic) bond motifs is 1. The number of halogens is 1. The zero-order chi connectivity index (χ0) is 21.6. The summed E-state index contributed by atoms with van der Waals surface area (Å²) in [5.41, 5.74) is 4.93. The number of hydrogen-bond donors (Lipinski definition) is 0. The number of carbonyl (C=O) groups is 2. The van der Waals surface area contributed by atoms with Crippen molar-refractivity contribution < 1.29 is 14.0 Å². The van der Waals surface area contributed by atoms with Crippen molar-refractivity contribution in [2.45, 2.75) is 50.3 Å². The molecule has 3 aliphatic rings. The molecule has 154 valence electrons.